The summed E-state index contributed by atoms with van der Waals surface area (Å²) in [4.78, 5) is 11.9. The van der Waals surface area contributed by atoms with Gasteiger partial charge in [-0.15, -0.1) is 0 Å². The van der Waals surface area contributed by atoms with Crippen molar-refractivity contribution in [3.8, 4) is 11.5 Å². The normalized spacial score (nSPS) is 10.8. The maximum absolute atomic E-state index is 11.9. The van der Waals surface area contributed by atoms with Crippen LogP contribution in [0.4, 0.5) is 0 Å². The number of rotatable bonds is 8. The third-order valence-electron chi connectivity index (χ3n) is 3.11. The molecule has 0 spiro atoms. The van der Waals surface area contributed by atoms with E-state index in [-0.39, 0.29) is 5.91 Å². The molecule has 0 aliphatic carbocycles. The molecule has 6 heteroatoms. The molecule has 0 atom stereocenters. The molecule has 0 saturated carbocycles. The lowest BCUT2D eigenvalue weighted by Gasteiger charge is -2.11. The average Bonchev–Trinajstić information content (AvgIpc) is 2.99. The van der Waals surface area contributed by atoms with Crippen molar-refractivity contribution >= 4 is 12.0 Å². The third-order valence-corrected chi connectivity index (χ3v) is 3.11. The summed E-state index contributed by atoms with van der Waals surface area (Å²) in [5.41, 5.74) is 1.64. The lowest BCUT2D eigenvalue weighted by molar-refractivity contribution is -0.116. The van der Waals surface area contributed by atoms with Crippen LogP contribution in [0.2, 0.25) is 0 Å². The van der Waals surface area contributed by atoms with Crippen LogP contribution < -0.4 is 14.8 Å². The molecule has 24 heavy (non-hydrogen) atoms. The summed E-state index contributed by atoms with van der Waals surface area (Å²) in [7, 11) is 0. The standard InChI is InChI=1S/C18H22N2O4/c1-4-22-16-8-6-14(11-17(16)23-5-2)7-9-18(21)19-12-15-10-13(3)20-24-15/h6-11H,4-5,12H2,1-3H3,(H,19,21)/b9-7-. The van der Waals surface area contributed by atoms with E-state index in [0.717, 1.165) is 11.3 Å². The second kappa shape index (κ2) is 8.76. The predicted octanol–water partition coefficient (Wildman–Crippen LogP) is 3.11. The van der Waals surface area contributed by atoms with Gasteiger partial charge in [-0.3, -0.25) is 4.79 Å². The van der Waals surface area contributed by atoms with E-state index in [1.807, 2.05) is 39.0 Å². The molecule has 2 aromatic rings. The molecule has 0 radical (unpaired) electrons. The van der Waals surface area contributed by atoms with Crippen molar-refractivity contribution in [2.24, 2.45) is 0 Å². The fourth-order valence-corrected chi connectivity index (χ4v) is 2.08. The lowest BCUT2D eigenvalue weighted by atomic mass is 10.2. The van der Waals surface area contributed by atoms with E-state index in [1.165, 1.54) is 6.08 Å². The molecule has 1 N–H and O–H groups in total. The molecule has 0 unspecified atom stereocenters. The molecule has 1 aromatic carbocycles. The molecule has 0 aliphatic heterocycles. The van der Waals surface area contributed by atoms with E-state index >= 15 is 0 Å². The van der Waals surface area contributed by atoms with Gasteiger partial charge in [0.05, 0.1) is 25.5 Å². The van der Waals surface area contributed by atoms with Gasteiger partial charge in [-0.25, -0.2) is 0 Å². The molecule has 6 nitrogen and oxygen atoms in total. The summed E-state index contributed by atoms with van der Waals surface area (Å²) in [5, 5.41) is 6.51. The predicted molar refractivity (Wildman–Crippen MR) is 90.9 cm³/mol. The first-order valence-electron chi connectivity index (χ1n) is 7.90. The zero-order chi connectivity index (χ0) is 17.4. The lowest BCUT2D eigenvalue weighted by Crippen LogP contribution is -2.19. The van der Waals surface area contributed by atoms with Gasteiger partial charge in [0, 0.05) is 12.1 Å². The Hall–Kier alpha value is -2.76. The van der Waals surface area contributed by atoms with Crippen molar-refractivity contribution in [1.29, 1.82) is 0 Å². The number of amides is 1. The smallest absolute Gasteiger partial charge is 0.244 e. The van der Waals surface area contributed by atoms with E-state index < -0.39 is 0 Å². The first-order chi connectivity index (χ1) is 11.6. The van der Waals surface area contributed by atoms with Crippen LogP contribution in [0.15, 0.2) is 34.9 Å². The number of aryl methyl sites for hydroxylation is 1. The Balaban J connectivity index is 1.96. The van der Waals surface area contributed by atoms with Crippen molar-refractivity contribution < 1.29 is 18.8 Å². The van der Waals surface area contributed by atoms with Crippen LogP contribution in [0.5, 0.6) is 11.5 Å². The second-order valence-corrected chi connectivity index (χ2v) is 5.06. The van der Waals surface area contributed by atoms with Gasteiger partial charge in [0.2, 0.25) is 5.91 Å². The molecule has 1 amide bonds. The molecule has 1 heterocycles. The fraction of sp³-hybridized carbons (Fsp3) is 0.333. The number of hydrogen-bond donors (Lipinski definition) is 1. The highest BCUT2D eigenvalue weighted by Crippen LogP contribution is 2.28. The molecule has 128 valence electrons. The number of benzene rings is 1. The van der Waals surface area contributed by atoms with Gasteiger partial charge in [0.1, 0.15) is 0 Å². The van der Waals surface area contributed by atoms with Crippen molar-refractivity contribution in [1.82, 2.24) is 10.5 Å². The zero-order valence-corrected chi connectivity index (χ0v) is 14.2. The highest BCUT2D eigenvalue weighted by Gasteiger charge is 2.06. The average molecular weight is 330 g/mol. The molecular weight excluding hydrogens is 308 g/mol. The summed E-state index contributed by atoms with van der Waals surface area (Å²) in [6.45, 7) is 7.08. The third kappa shape index (κ3) is 5.15. The largest absolute Gasteiger partial charge is 0.490 e. The number of carbonyl (C=O) groups excluding carboxylic acids is 1. The quantitative estimate of drug-likeness (QED) is 0.753. The maximum atomic E-state index is 11.9. The maximum Gasteiger partial charge on any atom is 0.244 e. The van der Waals surface area contributed by atoms with Gasteiger partial charge >= 0.3 is 0 Å². The van der Waals surface area contributed by atoms with E-state index in [9.17, 15) is 4.79 Å². The van der Waals surface area contributed by atoms with Crippen molar-refractivity contribution in [2.45, 2.75) is 27.3 Å². The van der Waals surface area contributed by atoms with Crippen LogP contribution in [-0.4, -0.2) is 24.3 Å². The van der Waals surface area contributed by atoms with Crippen molar-refractivity contribution in [3.63, 3.8) is 0 Å². The molecule has 0 fully saturated rings. The van der Waals surface area contributed by atoms with Gasteiger partial charge in [-0.1, -0.05) is 11.2 Å². The van der Waals surface area contributed by atoms with Crippen LogP contribution in [0.25, 0.3) is 6.08 Å². The first-order valence-corrected chi connectivity index (χ1v) is 7.90. The van der Waals surface area contributed by atoms with Crippen LogP contribution in [0.1, 0.15) is 30.9 Å². The van der Waals surface area contributed by atoms with Gasteiger partial charge in [-0.2, -0.15) is 0 Å². The summed E-state index contributed by atoms with van der Waals surface area (Å²) < 4.78 is 16.1. The van der Waals surface area contributed by atoms with Crippen molar-refractivity contribution in [3.05, 3.63) is 47.4 Å². The van der Waals surface area contributed by atoms with Gasteiger partial charge in [0.25, 0.3) is 0 Å². The number of nitrogens with one attached hydrogen (secondary N) is 1. The van der Waals surface area contributed by atoms with Crippen LogP contribution in [0, 0.1) is 6.92 Å². The monoisotopic (exact) mass is 330 g/mol. The number of ether oxygens (including phenoxy) is 2. The highest BCUT2D eigenvalue weighted by molar-refractivity contribution is 5.91. The van der Waals surface area contributed by atoms with Crippen molar-refractivity contribution in [2.75, 3.05) is 13.2 Å². The number of aromatic nitrogens is 1. The summed E-state index contributed by atoms with van der Waals surface area (Å²) in [5.74, 6) is 1.77. The molecule has 2 rings (SSSR count). The number of nitrogens with zero attached hydrogens (tertiary/aromatic N) is 1. The highest BCUT2D eigenvalue weighted by atomic mass is 16.5. The topological polar surface area (TPSA) is 73.6 Å². The van der Waals surface area contributed by atoms with Crippen LogP contribution in [0.3, 0.4) is 0 Å². The van der Waals surface area contributed by atoms with Gasteiger partial charge < -0.3 is 19.3 Å². The first kappa shape index (κ1) is 17.6. The Labute approximate surface area is 141 Å². The Morgan fingerprint density at radius 1 is 1.21 bits per heavy atom. The van der Waals surface area contributed by atoms with E-state index in [1.54, 1.807) is 12.1 Å². The Morgan fingerprint density at radius 2 is 1.96 bits per heavy atom. The molecule has 0 bridgehead atoms. The fourth-order valence-electron chi connectivity index (χ4n) is 2.08. The van der Waals surface area contributed by atoms with E-state index in [0.29, 0.717) is 37.0 Å². The minimum Gasteiger partial charge on any atom is -0.490 e. The SMILES string of the molecule is CCOc1ccc(/C=C\C(=O)NCc2cc(C)no2)cc1OCC. The Kier molecular flexibility index (Phi) is 6.42. The molecule has 0 aliphatic rings. The molecular formula is C18H22N2O4. The van der Waals surface area contributed by atoms with Gasteiger partial charge in [0.15, 0.2) is 17.3 Å². The van der Waals surface area contributed by atoms with Gasteiger partial charge in [-0.05, 0) is 44.5 Å². The minimum absolute atomic E-state index is 0.212. The van der Waals surface area contributed by atoms with Crippen LogP contribution in [-0.2, 0) is 11.3 Å². The minimum atomic E-state index is -0.212. The number of hydrogen-bond acceptors (Lipinski definition) is 5. The van der Waals surface area contributed by atoms with E-state index in [4.69, 9.17) is 14.0 Å². The van der Waals surface area contributed by atoms with Crippen LogP contribution >= 0.6 is 0 Å². The second-order valence-electron chi connectivity index (χ2n) is 5.06. The Bertz CT molecular complexity index is 707. The Morgan fingerprint density at radius 3 is 2.62 bits per heavy atom. The summed E-state index contributed by atoms with van der Waals surface area (Å²) >= 11 is 0. The van der Waals surface area contributed by atoms with E-state index in [2.05, 4.69) is 10.5 Å². The molecule has 1 aromatic heterocycles. The zero-order valence-electron chi connectivity index (χ0n) is 14.2. The molecule has 0 saturated heterocycles. The summed E-state index contributed by atoms with van der Waals surface area (Å²) in [6, 6.07) is 7.34. The summed E-state index contributed by atoms with van der Waals surface area (Å²) in [6.07, 6.45) is 3.19. The number of carbonyl (C=O) groups is 1.